The summed E-state index contributed by atoms with van der Waals surface area (Å²) in [5.41, 5.74) is -0.417. The second kappa shape index (κ2) is 6.15. The van der Waals surface area contributed by atoms with Crippen LogP contribution >= 0.6 is 0 Å². The van der Waals surface area contributed by atoms with E-state index in [2.05, 4.69) is 5.32 Å². The number of amides is 1. The average molecular weight is 336 g/mol. The molecule has 1 saturated heterocycles. The molecule has 0 aromatic heterocycles. The summed E-state index contributed by atoms with van der Waals surface area (Å²) < 4.78 is 25.6. The smallest absolute Gasteiger partial charge is 0.410 e. The number of ether oxygens (including phenoxy) is 2. The lowest BCUT2D eigenvalue weighted by Gasteiger charge is -2.41. The van der Waals surface area contributed by atoms with E-state index in [1.54, 1.807) is 17.0 Å². The van der Waals surface area contributed by atoms with Crippen LogP contribution in [0.15, 0.2) is 18.2 Å². The van der Waals surface area contributed by atoms with Crippen LogP contribution in [0.2, 0.25) is 0 Å². The minimum atomic E-state index is -0.495. The number of carbonyl (C=O) groups excluding carboxylic acids is 1. The predicted octanol–water partition coefficient (Wildman–Crippen LogP) is 3.79. The fourth-order valence-electron chi connectivity index (χ4n) is 3.24. The van der Waals surface area contributed by atoms with Crippen molar-refractivity contribution >= 4 is 11.8 Å². The number of hydrogen-bond donors (Lipinski definition) is 1. The molecule has 0 bridgehead atoms. The standard InChI is InChI=1S/C18H25FN2O3/c1-17(2,3)24-16(22)21-11-8-18(9-12-21)7-10-20-15-13(19)5-4-6-14(15)23-18/h4-6,20H,7-12H2,1-3H3. The second-order valence-electron chi connectivity index (χ2n) is 7.54. The molecule has 24 heavy (non-hydrogen) atoms. The molecule has 1 spiro atoms. The lowest BCUT2D eigenvalue weighted by atomic mass is 9.88. The Hall–Kier alpha value is -1.98. The molecule has 2 heterocycles. The molecule has 0 aliphatic carbocycles. The number of likely N-dealkylation sites (tertiary alicyclic amines) is 1. The molecule has 5 nitrogen and oxygen atoms in total. The Morgan fingerprint density at radius 2 is 2.00 bits per heavy atom. The molecule has 0 unspecified atom stereocenters. The van der Waals surface area contributed by atoms with E-state index in [1.165, 1.54) is 6.07 Å². The molecule has 3 rings (SSSR count). The Bertz CT molecular complexity index is 619. The third-order valence-electron chi connectivity index (χ3n) is 4.51. The van der Waals surface area contributed by atoms with Gasteiger partial charge < -0.3 is 19.7 Å². The van der Waals surface area contributed by atoms with Crippen molar-refractivity contribution in [3.8, 4) is 5.75 Å². The van der Waals surface area contributed by atoms with Crippen LogP contribution in [-0.4, -0.2) is 41.8 Å². The van der Waals surface area contributed by atoms with Crippen LogP contribution in [0.25, 0.3) is 0 Å². The number of para-hydroxylation sites is 1. The summed E-state index contributed by atoms with van der Waals surface area (Å²) in [5.74, 6) is 0.258. The summed E-state index contributed by atoms with van der Waals surface area (Å²) in [6.07, 6.45) is 1.92. The van der Waals surface area contributed by atoms with Crippen molar-refractivity contribution in [2.24, 2.45) is 0 Å². The third kappa shape index (κ3) is 3.57. The zero-order valence-electron chi connectivity index (χ0n) is 14.5. The molecule has 132 valence electrons. The summed E-state index contributed by atoms with van der Waals surface area (Å²) in [4.78, 5) is 13.9. The minimum absolute atomic E-state index is 0.282. The van der Waals surface area contributed by atoms with Crippen LogP contribution in [0.1, 0.15) is 40.0 Å². The first kappa shape index (κ1) is 16.9. The van der Waals surface area contributed by atoms with Crippen LogP contribution in [0.4, 0.5) is 14.9 Å². The summed E-state index contributed by atoms with van der Waals surface area (Å²) in [6, 6.07) is 4.88. The number of carbonyl (C=O) groups is 1. The third-order valence-corrected chi connectivity index (χ3v) is 4.51. The van der Waals surface area contributed by atoms with Gasteiger partial charge in [0, 0.05) is 38.9 Å². The van der Waals surface area contributed by atoms with Gasteiger partial charge in [-0.2, -0.15) is 0 Å². The maximum Gasteiger partial charge on any atom is 0.410 e. The SMILES string of the molecule is CC(C)(C)OC(=O)N1CCC2(CCNc3c(F)cccc3O2)CC1. The van der Waals surface area contributed by atoms with E-state index in [-0.39, 0.29) is 17.5 Å². The first-order chi connectivity index (χ1) is 11.3. The predicted molar refractivity (Wildman–Crippen MR) is 89.9 cm³/mol. The van der Waals surface area contributed by atoms with E-state index >= 15 is 0 Å². The van der Waals surface area contributed by atoms with Gasteiger partial charge in [-0.3, -0.25) is 0 Å². The summed E-state index contributed by atoms with van der Waals surface area (Å²) in [5, 5.41) is 3.12. The molecule has 2 aliphatic rings. The topological polar surface area (TPSA) is 50.8 Å². The Morgan fingerprint density at radius 1 is 1.29 bits per heavy atom. The maximum atomic E-state index is 13.9. The first-order valence-corrected chi connectivity index (χ1v) is 8.47. The quantitative estimate of drug-likeness (QED) is 0.783. The van der Waals surface area contributed by atoms with Crippen molar-refractivity contribution in [1.29, 1.82) is 0 Å². The monoisotopic (exact) mass is 336 g/mol. The molecular weight excluding hydrogens is 311 g/mol. The number of fused-ring (bicyclic) bond motifs is 1. The highest BCUT2D eigenvalue weighted by Gasteiger charge is 2.40. The van der Waals surface area contributed by atoms with Gasteiger partial charge in [0.05, 0.1) is 0 Å². The number of nitrogens with one attached hydrogen (secondary N) is 1. The van der Waals surface area contributed by atoms with Gasteiger partial charge in [0.2, 0.25) is 0 Å². The number of hydrogen-bond acceptors (Lipinski definition) is 4. The van der Waals surface area contributed by atoms with E-state index in [9.17, 15) is 9.18 Å². The van der Waals surface area contributed by atoms with Crippen LogP contribution in [0, 0.1) is 5.82 Å². The minimum Gasteiger partial charge on any atom is -0.485 e. The van der Waals surface area contributed by atoms with E-state index in [0.717, 1.165) is 6.42 Å². The van der Waals surface area contributed by atoms with Crippen molar-refractivity contribution in [3.05, 3.63) is 24.0 Å². The number of piperidine rings is 1. The lowest BCUT2D eigenvalue weighted by Crippen LogP contribution is -2.51. The number of anilines is 1. The Morgan fingerprint density at radius 3 is 2.67 bits per heavy atom. The maximum absolute atomic E-state index is 13.9. The number of rotatable bonds is 0. The summed E-state index contributed by atoms with van der Waals surface area (Å²) in [7, 11) is 0. The summed E-state index contributed by atoms with van der Waals surface area (Å²) in [6.45, 7) is 7.41. The Labute approximate surface area is 142 Å². The van der Waals surface area contributed by atoms with Gasteiger partial charge in [0.1, 0.15) is 28.5 Å². The van der Waals surface area contributed by atoms with Crippen molar-refractivity contribution in [2.45, 2.75) is 51.2 Å². The van der Waals surface area contributed by atoms with E-state index in [0.29, 0.717) is 43.9 Å². The van der Waals surface area contributed by atoms with Gasteiger partial charge in [0.25, 0.3) is 0 Å². The van der Waals surface area contributed by atoms with Gasteiger partial charge in [0.15, 0.2) is 0 Å². The average Bonchev–Trinajstić information content (AvgIpc) is 2.66. The van der Waals surface area contributed by atoms with Gasteiger partial charge in [-0.05, 0) is 32.9 Å². The highest BCUT2D eigenvalue weighted by atomic mass is 19.1. The molecule has 1 aromatic carbocycles. The number of nitrogens with zero attached hydrogens (tertiary/aromatic N) is 1. The molecule has 0 saturated carbocycles. The molecule has 6 heteroatoms. The highest BCUT2D eigenvalue weighted by molar-refractivity contribution is 5.68. The molecule has 0 atom stereocenters. The van der Waals surface area contributed by atoms with Gasteiger partial charge in [-0.1, -0.05) is 6.07 Å². The largest absolute Gasteiger partial charge is 0.485 e. The van der Waals surface area contributed by atoms with Crippen LogP contribution in [0.3, 0.4) is 0 Å². The van der Waals surface area contributed by atoms with Crippen molar-refractivity contribution in [2.75, 3.05) is 25.0 Å². The van der Waals surface area contributed by atoms with E-state index in [4.69, 9.17) is 9.47 Å². The summed E-state index contributed by atoms with van der Waals surface area (Å²) >= 11 is 0. The molecule has 2 aliphatic heterocycles. The molecule has 1 aromatic rings. The Balaban J connectivity index is 1.68. The van der Waals surface area contributed by atoms with Gasteiger partial charge >= 0.3 is 6.09 Å². The fourth-order valence-corrected chi connectivity index (χ4v) is 3.24. The fraction of sp³-hybridized carbons (Fsp3) is 0.611. The van der Waals surface area contributed by atoms with Crippen molar-refractivity contribution in [3.63, 3.8) is 0 Å². The molecule has 0 radical (unpaired) electrons. The molecular formula is C18H25FN2O3. The Kier molecular flexibility index (Phi) is 4.32. The zero-order valence-corrected chi connectivity index (χ0v) is 14.5. The van der Waals surface area contributed by atoms with E-state index < -0.39 is 5.60 Å². The van der Waals surface area contributed by atoms with Crippen molar-refractivity contribution < 1.29 is 18.7 Å². The van der Waals surface area contributed by atoms with Crippen LogP contribution in [-0.2, 0) is 4.74 Å². The normalized spacial score (nSPS) is 19.8. The van der Waals surface area contributed by atoms with Gasteiger partial charge in [-0.15, -0.1) is 0 Å². The number of benzene rings is 1. The van der Waals surface area contributed by atoms with Crippen LogP contribution in [0.5, 0.6) is 5.75 Å². The van der Waals surface area contributed by atoms with Gasteiger partial charge in [-0.25, -0.2) is 9.18 Å². The van der Waals surface area contributed by atoms with Crippen molar-refractivity contribution in [1.82, 2.24) is 4.90 Å². The zero-order chi connectivity index (χ0) is 17.4. The first-order valence-electron chi connectivity index (χ1n) is 8.47. The second-order valence-corrected chi connectivity index (χ2v) is 7.54. The van der Waals surface area contributed by atoms with Crippen LogP contribution < -0.4 is 10.1 Å². The molecule has 1 amide bonds. The molecule has 1 fully saturated rings. The van der Waals surface area contributed by atoms with E-state index in [1.807, 2.05) is 20.8 Å². The molecule has 1 N–H and O–H groups in total. The highest BCUT2D eigenvalue weighted by Crippen LogP contribution is 2.39. The lowest BCUT2D eigenvalue weighted by molar-refractivity contribution is -0.0184. The number of halogens is 1.